The van der Waals surface area contributed by atoms with Crippen LogP contribution in [-0.2, 0) is 20.6 Å². The Kier molecular flexibility index (Phi) is 9.36. The summed E-state index contributed by atoms with van der Waals surface area (Å²) >= 11 is 9.18. The standard InChI is InChI=1S/C20H25ClN2O3S3/c1-14(2)20(24)23-18-12-16(8-9-19(18)27-3)29(25,26)22-10-11-28-13-15-6-4-5-7-17(15)21/h4-9,12,14,22H,10-11,13H2,1-3H3,(H,23,24). The van der Waals surface area contributed by atoms with Crippen molar-refractivity contribution in [2.45, 2.75) is 29.4 Å². The van der Waals surface area contributed by atoms with E-state index in [4.69, 9.17) is 11.6 Å². The van der Waals surface area contributed by atoms with Crippen molar-refractivity contribution < 1.29 is 13.2 Å². The predicted molar refractivity (Wildman–Crippen MR) is 124 cm³/mol. The van der Waals surface area contributed by atoms with E-state index >= 15 is 0 Å². The van der Waals surface area contributed by atoms with Crippen molar-refractivity contribution in [3.63, 3.8) is 0 Å². The lowest BCUT2D eigenvalue weighted by atomic mass is 10.2. The van der Waals surface area contributed by atoms with E-state index in [1.165, 1.54) is 17.8 Å². The second-order valence-electron chi connectivity index (χ2n) is 6.55. The summed E-state index contributed by atoms with van der Waals surface area (Å²) in [5.41, 5.74) is 1.53. The molecule has 2 aromatic carbocycles. The van der Waals surface area contributed by atoms with E-state index < -0.39 is 10.0 Å². The molecule has 2 rings (SSSR count). The molecular formula is C20H25ClN2O3S3. The van der Waals surface area contributed by atoms with Crippen molar-refractivity contribution in [1.82, 2.24) is 4.72 Å². The summed E-state index contributed by atoms with van der Waals surface area (Å²) in [6.07, 6.45) is 1.88. The highest BCUT2D eigenvalue weighted by molar-refractivity contribution is 7.99. The van der Waals surface area contributed by atoms with E-state index in [1.54, 1.807) is 37.7 Å². The average Bonchev–Trinajstić information content (AvgIpc) is 2.68. The number of rotatable bonds is 10. The minimum atomic E-state index is -3.67. The second-order valence-corrected chi connectivity index (χ2v) is 10.7. The Morgan fingerprint density at radius 1 is 1.17 bits per heavy atom. The third-order valence-corrected chi connectivity index (χ3v) is 7.65. The van der Waals surface area contributed by atoms with Crippen LogP contribution in [0, 0.1) is 5.92 Å². The molecule has 0 saturated carbocycles. The molecule has 0 aliphatic rings. The van der Waals surface area contributed by atoms with Crippen LogP contribution in [0.5, 0.6) is 0 Å². The molecule has 29 heavy (non-hydrogen) atoms. The molecule has 0 fully saturated rings. The van der Waals surface area contributed by atoms with Crippen LogP contribution in [0.1, 0.15) is 19.4 Å². The van der Waals surface area contributed by atoms with Crippen molar-refractivity contribution in [2.75, 3.05) is 23.9 Å². The number of hydrogen-bond acceptors (Lipinski definition) is 5. The van der Waals surface area contributed by atoms with E-state index in [9.17, 15) is 13.2 Å². The van der Waals surface area contributed by atoms with E-state index in [0.717, 1.165) is 16.2 Å². The molecule has 0 aliphatic heterocycles. The molecule has 5 nitrogen and oxygen atoms in total. The molecule has 9 heteroatoms. The van der Waals surface area contributed by atoms with Gasteiger partial charge in [-0.3, -0.25) is 4.79 Å². The number of amides is 1. The Morgan fingerprint density at radius 2 is 1.90 bits per heavy atom. The minimum absolute atomic E-state index is 0.130. The highest BCUT2D eigenvalue weighted by atomic mass is 35.5. The maximum atomic E-state index is 12.6. The number of halogens is 1. The topological polar surface area (TPSA) is 75.3 Å². The maximum absolute atomic E-state index is 12.6. The molecule has 0 radical (unpaired) electrons. The van der Waals surface area contributed by atoms with Crippen LogP contribution in [0.4, 0.5) is 5.69 Å². The zero-order valence-corrected chi connectivity index (χ0v) is 19.8. The van der Waals surface area contributed by atoms with Gasteiger partial charge in [-0.1, -0.05) is 43.6 Å². The van der Waals surface area contributed by atoms with Crippen molar-refractivity contribution in [2.24, 2.45) is 5.92 Å². The molecule has 0 saturated heterocycles. The fraction of sp³-hybridized carbons (Fsp3) is 0.350. The third kappa shape index (κ3) is 7.22. The van der Waals surface area contributed by atoms with E-state index in [0.29, 0.717) is 23.0 Å². The van der Waals surface area contributed by atoms with Gasteiger partial charge in [0.2, 0.25) is 15.9 Å². The Bertz CT molecular complexity index is 950. The van der Waals surface area contributed by atoms with Gasteiger partial charge < -0.3 is 5.32 Å². The summed E-state index contributed by atoms with van der Waals surface area (Å²) < 4.78 is 27.9. The highest BCUT2D eigenvalue weighted by Crippen LogP contribution is 2.28. The molecule has 2 aromatic rings. The van der Waals surface area contributed by atoms with E-state index in [1.807, 2.05) is 30.5 Å². The number of hydrogen-bond donors (Lipinski definition) is 2. The zero-order valence-electron chi connectivity index (χ0n) is 16.6. The van der Waals surface area contributed by atoms with Crippen molar-refractivity contribution in [3.05, 3.63) is 53.1 Å². The van der Waals surface area contributed by atoms with Gasteiger partial charge >= 0.3 is 0 Å². The van der Waals surface area contributed by atoms with Crippen LogP contribution in [-0.4, -0.2) is 32.9 Å². The Hall–Kier alpha value is -1.19. The van der Waals surface area contributed by atoms with Gasteiger partial charge in [-0.15, -0.1) is 11.8 Å². The number of sulfonamides is 1. The first-order valence-corrected chi connectivity index (χ1v) is 13.3. The molecule has 2 N–H and O–H groups in total. The number of nitrogens with one attached hydrogen (secondary N) is 2. The number of anilines is 1. The lowest BCUT2D eigenvalue weighted by Crippen LogP contribution is -2.26. The Morgan fingerprint density at radius 3 is 2.55 bits per heavy atom. The van der Waals surface area contributed by atoms with E-state index in [2.05, 4.69) is 10.0 Å². The summed E-state index contributed by atoms with van der Waals surface area (Å²) in [7, 11) is -3.67. The summed E-state index contributed by atoms with van der Waals surface area (Å²) in [6.45, 7) is 3.88. The Labute approximate surface area is 186 Å². The molecule has 158 valence electrons. The highest BCUT2D eigenvalue weighted by Gasteiger charge is 2.17. The first kappa shape index (κ1) is 24.1. The molecule has 0 spiro atoms. The van der Waals surface area contributed by atoms with Crippen molar-refractivity contribution >= 4 is 56.7 Å². The van der Waals surface area contributed by atoms with Crippen LogP contribution in [0.25, 0.3) is 0 Å². The third-order valence-electron chi connectivity index (χ3n) is 4.02. The summed E-state index contributed by atoms with van der Waals surface area (Å²) in [5.74, 6) is 0.983. The van der Waals surface area contributed by atoms with Crippen molar-refractivity contribution in [1.29, 1.82) is 0 Å². The van der Waals surface area contributed by atoms with Gasteiger partial charge in [0.05, 0.1) is 10.6 Å². The van der Waals surface area contributed by atoms with Crippen molar-refractivity contribution in [3.8, 4) is 0 Å². The van der Waals surface area contributed by atoms with Gasteiger partial charge in [0.25, 0.3) is 0 Å². The first-order valence-electron chi connectivity index (χ1n) is 9.04. The van der Waals surface area contributed by atoms with Crippen LogP contribution in [0.2, 0.25) is 5.02 Å². The number of carbonyl (C=O) groups excluding carboxylic acids is 1. The maximum Gasteiger partial charge on any atom is 0.240 e. The first-order chi connectivity index (χ1) is 13.7. The van der Waals surface area contributed by atoms with E-state index in [-0.39, 0.29) is 16.7 Å². The van der Waals surface area contributed by atoms with Gasteiger partial charge in [0, 0.05) is 33.9 Å². The average molecular weight is 473 g/mol. The molecule has 0 atom stereocenters. The normalized spacial score (nSPS) is 11.6. The lowest BCUT2D eigenvalue weighted by Gasteiger charge is -2.14. The minimum Gasteiger partial charge on any atom is -0.325 e. The van der Waals surface area contributed by atoms with Crippen LogP contribution < -0.4 is 10.0 Å². The largest absolute Gasteiger partial charge is 0.325 e. The Balaban J connectivity index is 1.97. The van der Waals surface area contributed by atoms with Gasteiger partial charge in [-0.2, -0.15) is 11.8 Å². The molecule has 0 heterocycles. The van der Waals surface area contributed by atoms with Gasteiger partial charge in [-0.25, -0.2) is 13.1 Å². The summed E-state index contributed by atoms with van der Waals surface area (Å²) in [5, 5.41) is 3.52. The van der Waals surface area contributed by atoms with Gasteiger partial charge in [-0.05, 0) is 36.1 Å². The SMILES string of the molecule is CSc1ccc(S(=O)(=O)NCCSCc2ccccc2Cl)cc1NC(=O)C(C)C. The fourth-order valence-corrected chi connectivity index (χ4v) is 5.22. The van der Waals surface area contributed by atoms with Crippen LogP contribution in [0.15, 0.2) is 52.3 Å². The fourth-order valence-electron chi connectivity index (χ4n) is 2.36. The molecule has 0 aliphatic carbocycles. The molecule has 0 bridgehead atoms. The van der Waals surface area contributed by atoms with Crippen LogP contribution >= 0.6 is 35.1 Å². The van der Waals surface area contributed by atoms with Gasteiger partial charge in [0.1, 0.15) is 0 Å². The quantitative estimate of drug-likeness (QED) is 0.381. The van der Waals surface area contributed by atoms with Crippen LogP contribution in [0.3, 0.4) is 0 Å². The van der Waals surface area contributed by atoms with Gasteiger partial charge in [0.15, 0.2) is 0 Å². The molecule has 1 amide bonds. The number of thioether (sulfide) groups is 2. The predicted octanol–water partition coefficient (Wildman–Crippen LogP) is 4.87. The number of benzene rings is 2. The monoisotopic (exact) mass is 472 g/mol. The molecule has 0 unspecified atom stereocenters. The molecule has 0 aromatic heterocycles. The lowest BCUT2D eigenvalue weighted by molar-refractivity contribution is -0.118. The zero-order chi connectivity index (χ0) is 21.4. The smallest absolute Gasteiger partial charge is 0.240 e. The number of carbonyl (C=O) groups is 1. The molecular weight excluding hydrogens is 448 g/mol. The summed E-state index contributed by atoms with van der Waals surface area (Å²) in [4.78, 5) is 13.0. The second kappa shape index (κ2) is 11.3. The summed E-state index contributed by atoms with van der Waals surface area (Å²) in [6, 6.07) is 12.4.